The van der Waals surface area contributed by atoms with E-state index in [2.05, 4.69) is 48.2 Å². The first-order valence-corrected chi connectivity index (χ1v) is 9.26. The fraction of sp³-hybridized carbons (Fsp3) is 0.450. The molecule has 0 unspecified atom stereocenters. The molecule has 0 atom stereocenters. The van der Waals surface area contributed by atoms with Gasteiger partial charge in [-0.15, -0.1) is 0 Å². The fourth-order valence-electron chi connectivity index (χ4n) is 3.18. The Morgan fingerprint density at radius 1 is 1.00 bits per heavy atom. The van der Waals surface area contributed by atoms with E-state index in [1.54, 1.807) is 4.52 Å². The minimum absolute atomic E-state index is 0.555. The lowest BCUT2D eigenvalue weighted by molar-refractivity contribution is 0.607. The maximum atomic E-state index is 6.41. The smallest absolute Gasteiger partial charge is 0.254 e. The molecule has 132 valence electrons. The van der Waals surface area contributed by atoms with Gasteiger partial charge in [-0.3, -0.25) is 0 Å². The summed E-state index contributed by atoms with van der Waals surface area (Å²) in [6, 6.07) is 8.43. The van der Waals surface area contributed by atoms with Crippen LogP contribution in [0.15, 0.2) is 30.6 Å². The molecule has 0 amide bonds. The standard InChI is InChI=1S/C20H27N5/c1-3-4-5-6-7-8-9-17-18(16-12-10-15(2)11-13-16)24-20-22-14-23-25(20)19(17)21/h10-14H,3-9,21H2,1-2H3. The number of nitrogens with zero attached hydrogens (tertiary/aromatic N) is 4. The molecule has 0 bridgehead atoms. The van der Waals surface area contributed by atoms with Gasteiger partial charge in [-0.2, -0.15) is 14.6 Å². The normalized spacial score (nSPS) is 11.3. The third-order valence-corrected chi connectivity index (χ3v) is 4.67. The zero-order valence-electron chi connectivity index (χ0n) is 15.2. The van der Waals surface area contributed by atoms with Crippen LogP contribution in [0.4, 0.5) is 5.82 Å². The van der Waals surface area contributed by atoms with Crippen molar-refractivity contribution in [3.63, 3.8) is 0 Å². The van der Waals surface area contributed by atoms with E-state index in [4.69, 9.17) is 10.7 Å². The topological polar surface area (TPSA) is 69.1 Å². The van der Waals surface area contributed by atoms with Crippen molar-refractivity contribution < 1.29 is 0 Å². The van der Waals surface area contributed by atoms with E-state index in [1.165, 1.54) is 44.0 Å². The molecule has 0 fully saturated rings. The van der Waals surface area contributed by atoms with Crippen molar-refractivity contribution in [1.82, 2.24) is 19.6 Å². The molecule has 0 spiro atoms. The lowest BCUT2D eigenvalue weighted by Gasteiger charge is -2.13. The van der Waals surface area contributed by atoms with Crippen molar-refractivity contribution in [2.45, 2.75) is 58.8 Å². The van der Waals surface area contributed by atoms with Gasteiger partial charge in [0.15, 0.2) is 0 Å². The highest BCUT2D eigenvalue weighted by molar-refractivity contribution is 5.70. The monoisotopic (exact) mass is 337 g/mol. The van der Waals surface area contributed by atoms with Crippen LogP contribution < -0.4 is 5.73 Å². The molecule has 1 aromatic carbocycles. The molecule has 25 heavy (non-hydrogen) atoms. The largest absolute Gasteiger partial charge is 0.383 e. The lowest BCUT2D eigenvalue weighted by atomic mass is 9.99. The minimum atomic E-state index is 0.555. The van der Waals surface area contributed by atoms with Gasteiger partial charge in [-0.25, -0.2) is 4.98 Å². The number of anilines is 1. The van der Waals surface area contributed by atoms with Crippen LogP contribution in [0.5, 0.6) is 0 Å². The second-order valence-corrected chi connectivity index (χ2v) is 6.68. The van der Waals surface area contributed by atoms with E-state index in [0.717, 1.165) is 29.7 Å². The number of hydrogen-bond donors (Lipinski definition) is 1. The predicted molar refractivity (Wildman–Crippen MR) is 102 cm³/mol. The highest BCUT2D eigenvalue weighted by atomic mass is 15.3. The molecule has 0 aliphatic carbocycles. The van der Waals surface area contributed by atoms with Crippen molar-refractivity contribution >= 4 is 11.6 Å². The van der Waals surface area contributed by atoms with E-state index >= 15 is 0 Å². The summed E-state index contributed by atoms with van der Waals surface area (Å²) < 4.78 is 1.64. The van der Waals surface area contributed by atoms with Crippen LogP contribution in [0.3, 0.4) is 0 Å². The maximum absolute atomic E-state index is 6.41. The number of aryl methyl sites for hydroxylation is 1. The molecular formula is C20H27N5. The summed E-state index contributed by atoms with van der Waals surface area (Å²) in [6.45, 7) is 4.33. The molecule has 5 nitrogen and oxygen atoms in total. The van der Waals surface area contributed by atoms with Crippen LogP contribution in [0.25, 0.3) is 17.0 Å². The summed E-state index contributed by atoms with van der Waals surface area (Å²) in [5.41, 5.74) is 10.8. The molecule has 0 radical (unpaired) electrons. The van der Waals surface area contributed by atoms with Crippen LogP contribution in [-0.4, -0.2) is 19.6 Å². The molecule has 3 rings (SSSR count). The van der Waals surface area contributed by atoms with Gasteiger partial charge in [0, 0.05) is 11.1 Å². The first-order chi connectivity index (χ1) is 12.2. The van der Waals surface area contributed by atoms with Gasteiger partial charge in [-0.05, 0) is 19.8 Å². The quantitative estimate of drug-likeness (QED) is 0.611. The summed E-state index contributed by atoms with van der Waals surface area (Å²) in [5, 5.41) is 4.21. The van der Waals surface area contributed by atoms with Gasteiger partial charge in [0.2, 0.25) is 0 Å². The van der Waals surface area contributed by atoms with Gasteiger partial charge < -0.3 is 5.73 Å². The number of rotatable bonds is 8. The molecule has 3 aromatic rings. The van der Waals surface area contributed by atoms with E-state index in [-0.39, 0.29) is 0 Å². The van der Waals surface area contributed by atoms with E-state index < -0.39 is 0 Å². The van der Waals surface area contributed by atoms with Gasteiger partial charge in [-0.1, -0.05) is 68.9 Å². The number of hydrogen-bond acceptors (Lipinski definition) is 4. The molecule has 0 aliphatic heterocycles. The van der Waals surface area contributed by atoms with Crippen LogP contribution in [0.1, 0.15) is 56.6 Å². The van der Waals surface area contributed by atoms with Crippen LogP contribution in [-0.2, 0) is 6.42 Å². The fourth-order valence-corrected chi connectivity index (χ4v) is 3.18. The van der Waals surface area contributed by atoms with Crippen LogP contribution >= 0.6 is 0 Å². The Labute approximate surface area is 149 Å². The SMILES string of the molecule is CCCCCCCCc1c(-c2ccc(C)cc2)nc2ncnn2c1N. The highest BCUT2D eigenvalue weighted by Gasteiger charge is 2.15. The first-order valence-electron chi connectivity index (χ1n) is 9.26. The molecule has 2 N–H and O–H groups in total. The molecule has 0 saturated carbocycles. The highest BCUT2D eigenvalue weighted by Crippen LogP contribution is 2.28. The van der Waals surface area contributed by atoms with Crippen LogP contribution in [0.2, 0.25) is 0 Å². The first kappa shape index (κ1) is 17.4. The summed E-state index contributed by atoms with van der Waals surface area (Å²) >= 11 is 0. The lowest BCUT2D eigenvalue weighted by Crippen LogP contribution is -2.08. The van der Waals surface area contributed by atoms with Crippen LogP contribution in [0, 0.1) is 6.92 Å². The van der Waals surface area contributed by atoms with E-state index in [1.807, 2.05) is 0 Å². The Bertz CT molecular complexity index is 820. The van der Waals surface area contributed by atoms with Gasteiger partial charge >= 0.3 is 0 Å². The van der Waals surface area contributed by atoms with Gasteiger partial charge in [0.25, 0.3) is 5.78 Å². The number of benzene rings is 1. The third kappa shape index (κ3) is 3.98. The second kappa shape index (κ2) is 8.10. The predicted octanol–water partition coefficient (Wildman–Crippen LogP) is 4.58. The van der Waals surface area contributed by atoms with E-state index in [9.17, 15) is 0 Å². The van der Waals surface area contributed by atoms with Gasteiger partial charge in [0.1, 0.15) is 12.1 Å². The molecule has 2 aromatic heterocycles. The zero-order valence-corrected chi connectivity index (χ0v) is 15.2. The number of fused-ring (bicyclic) bond motifs is 1. The zero-order chi connectivity index (χ0) is 17.6. The number of nitrogens with two attached hydrogens (primary N) is 1. The Hall–Kier alpha value is -2.43. The van der Waals surface area contributed by atoms with Crippen molar-refractivity contribution in [1.29, 1.82) is 0 Å². The summed E-state index contributed by atoms with van der Waals surface area (Å²) in [7, 11) is 0. The third-order valence-electron chi connectivity index (χ3n) is 4.67. The number of nitrogen functional groups attached to an aromatic ring is 1. The number of aromatic nitrogens is 4. The van der Waals surface area contributed by atoms with Crippen molar-refractivity contribution in [3.8, 4) is 11.3 Å². The molecule has 0 saturated heterocycles. The summed E-state index contributed by atoms with van der Waals surface area (Å²) in [5.74, 6) is 1.21. The Morgan fingerprint density at radius 2 is 1.72 bits per heavy atom. The number of unbranched alkanes of at least 4 members (excludes halogenated alkanes) is 5. The second-order valence-electron chi connectivity index (χ2n) is 6.68. The summed E-state index contributed by atoms with van der Waals surface area (Å²) in [6.07, 6.45) is 9.97. The van der Waals surface area contributed by atoms with E-state index in [0.29, 0.717) is 11.6 Å². The minimum Gasteiger partial charge on any atom is -0.383 e. The average molecular weight is 337 g/mol. The van der Waals surface area contributed by atoms with Crippen molar-refractivity contribution in [2.75, 3.05) is 5.73 Å². The summed E-state index contributed by atoms with van der Waals surface area (Å²) in [4.78, 5) is 8.95. The Kier molecular flexibility index (Phi) is 5.64. The van der Waals surface area contributed by atoms with Gasteiger partial charge in [0.05, 0.1) is 5.69 Å². The molecule has 0 aliphatic rings. The molecule has 2 heterocycles. The Morgan fingerprint density at radius 3 is 2.48 bits per heavy atom. The average Bonchev–Trinajstić information content (AvgIpc) is 3.09. The maximum Gasteiger partial charge on any atom is 0.254 e. The van der Waals surface area contributed by atoms with Crippen molar-refractivity contribution in [3.05, 3.63) is 41.7 Å². The molecule has 5 heteroatoms. The Balaban J connectivity index is 1.87. The molecular weight excluding hydrogens is 310 g/mol. The van der Waals surface area contributed by atoms with Crippen molar-refractivity contribution in [2.24, 2.45) is 0 Å².